The van der Waals surface area contributed by atoms with Crippen LogP contribution in [0.4, 0.5) is 0 Å². The van der Waals surface area contributed by atoms with Crippen LogP contribution in [0, 0.1) is 0 Å². The van der Waals surface area contributed by atoms with Crippen LogP contribution in [-0.2, 0) is 6.42 Å². The van der Waals surface area contributed by atoms with E-state index in [0.29, 0.717) is 12.0 Å². The molecule has 1 aromatic heterocycles. The van der Waals surface area contributed by atoms with Crippen LogP contribution in [0.5, 0.6) is 0 Å². The number of aryl methyl sites for hydroxylation is 1. The number of hydrogen-bond acceptors (Lipinski definition) is 2. The molecule has 0 fully saturated rings. The Morgan fingerprint density at radius 1 is 1.50 bits per heavy atom. The van der Waals surface area contributed by atoms with Crippen molar-refractivity contribution in [2.75, 3.05) is 0 Å². The van der Waals surface area contributed by atoms with E-state index in [4.69, 9.17) is 5.11 Å². The Labute approximate surface area is 93.0 Å². The summed E-state index contributed by atoms with van der Waals surface area (Å²) in [5.74, 6) is -0.881. The molecule has 1 aromatic carbocycles. The maximum atomic E-state index is 11.0. The minimum Gasteiger partial charge on any atom is -0.478 e. The molecule has 16 heavy (non-hydrogen) atoms. The number of carboxylic acid groups (broad SMARTS) is 1. The normalized spacial score (nSPS) is 10.3. The standard InChI is InChI=1S/C12H12N2O2/c1-2-8-5-9(11-6-13-7-14-11)3-4-10(8)12(15)16/h3-7H,2H2,1H3,(H,13,14)(H,15,16). The van der Waals surface area contributed by atoms with Gasteiger partial charge in [0, 0.05) is 0 Å². The fourth-order valence-corrected chi connectivity index (χ4v) is 1.68. The van der Waals surface area contributed by atoms with Gasteiger partial charge in [-0.1, -0.05) is 13.0 Å². The first-order valence-electron chi connectivity index (χ1n) is 5.07. The second kappa shape index (κ2) is 4.18. The third-order valence-electron chi connectivity index (χ3n) is 2.53. The van der Waals surface area contributed by atoms with Gasteiger partial charge in [0.25, 0.3) is 0 Å². The average Bonchev–Trinajstić information content (AvgIpc) is 2.81. The predicted octanol–water partition coefficient (Wildman–Crippen LogP) is 2.34. The molecule has 0 aliphatic rings. The summed E-state index contributed by atoms with van der Waals surface area (Å²) in [7, 11) is 0. The number of nitrogens with one attached hydrogen (secondary N) is 1. The largest absolute Gasteiger partial charge is 0.478 e. The van der Waals surface area contributed by atoms with Crippen molar-refractivity contribution in [3.05, 3.63) is 41.9 Å². The Morgan fingerprint density at radius 2 is 2.31 bits per heavy atom. The van der Waals surface area contributed by atoms with E-state index in [0.717, 1.165) is 16.8 Å². The summed E-state index contributed by atoms with van der Waals surface area (Å²) in [5, 5.41) is 9.00. The van der Waals surface area contributed by atoms with Gasteiger partial charge >= 0.3 is 5.97 Å². The molecule has 0 amide bonds. The molecule has 0 aliphatic heterocycles. The van der Waals surface area contributed by atoms with Gasteiger partial charge in [0.2, 0.25) is 0 Å². The van der Waals surface area contributed by atoms with E-state index in [1.54, 1.807) is 24.7 Å². The van der Waals surface area contributed by atoms with Gasteiger partial charge in [0.1, 0.15) is 0 Å². The smallest absolute Gasteiger partial charge is 0.335 e. The zero-order valence-corrected chi connectivity index (χ0v) is 8.90. The van der Waals surface area contributed by atoms with Crippen LogP contribution >= 0.6 is 0 Å². The first kappa shape index (κ1) is 10.4. The molecule has 82 valence electrons. The van der Waals surface area contributed by atoms with Gasteiger partial charge < -0.3 is 10.1 Å². The molecule has 0 saturated heterocycles. The Bertz CT molecular complexity index is 504. The van der Waals surface area contributed by atoms with E-state index >= 15 is 0 Å². The molecule has 1 heterocycles. The minimum absolute atomic E-state index is 0.366. The van der Waals surface area contributed by atoms with Crippen LogP contribution in [-0.4, -0.2) is 21.0 Å². The zero-order valence-electron chi connectivity index (χ0n) is 8.90. The number of hydrogen-bond donors (Lipinski definition) is 2. The summed E-state index contributed by atoms with van der Waals surface area (Å²) in [6.45, 7) is 1.94. The van der Waals surface area contributed by atoms with Gasteiger partial charge in [0.05, 0.1) is 23.8 Å². The van der Waals surface area contributed by atoms with Crippen LogP contribution in [0.25, 0.3) is 11.3 Å². The van der Waals surface area contributed by atoms with Crippen molar-refractivity contribution in [1.29, 1.82) is 0 Å². The van der Waals surface area contributed by atoms with Crippen molar-refractivity contribution in [3.8, 4) is 11.3 Å². The number of H-pyrrole nitrogens is 1. The SMILES string of the molecule is CCc1cc(-c2cnc[nH]2)ccc1C(=O)O. The number of imidazole rings is 1. The highest BCUT2D eigenvalue weighted by molar-refractivity contribution is 5.90. The molecule has 2 rings (SSSR count). The van der Waals surface area contributed by atoms with Crippen LogP contribution in [0.3, 0.4) is 0 Å². The third-order valence-corrected chi connectivity index (χ3v) is 2.53. The highest BCUT2D eigenvalue weighted by Crippen LogP contribution is 2.20. The lowest BCUT2D eigenvalue weighted by Crippen LogP contribution is -2.01. The fourth-order valence-electron chi connectivity index (χ4n) is 1.68. The van der Waals surface area contributed by atoms with Crippen molar-refractivity contribution < 1.29 is 9.90 Å². The van der Waals surface area contributed by atoms with Crippen molar-refractivity contribution in [2.24, 2.45) is 0 Å². The lowest BCUT2D eigenvalue weighted by molar-refractivity contribution is 0.0696. The lowest BCUT2D eigenvalue weighted by Gasteiger charge is -2.05. The predicted molar refractivity (Wildman–Crippen MR) is 60.4 cm³/mol. The molecule has 0 bridgehead atoms. The van der Waals surface area contributed by atoms with E-state index in [2.05, 4.69) is 9.97 Å². The molecule has 0 saturated carbocycles. The highest BCUT2D eigenvalue weighted by atomic mass is 16.4. The number of rotatable bonds is 3. The van der Waals surface area contributed by atoms with Gasteiger partial charge in [-0.3, -0.25) is 0 Å². The topological polar surface area (TPSA) is 66.0 Å². The molecule has 4 nitrogen and oxygen atoms in total. The third kappa shape index (κ3) is 1.82. The van der Waals surface area contributed by atoms with E-state index in [1.807, 2.05) is 13.0 Å². The molecule has 0 unspecified atom stereocenters. The van der Waals surface area contributed by atoms with E-state index in [-0.39, 0.29) is 0 Å². The molecular weight excluding hydrogens is 204 g/mol. The maximum Gasteiger partial charge on any atom is 0.335 e. The molecule has 0 atom stereocenters. The second-order valence-corrected chi connectivity index (χ2v) is 3.50. The fraction of sp³-hybridized carbons (Fsp3) is 0.167. The Hall–Kier alpha value is -2.10. The number of benzene rings is 1. The molecule has 0 spiro atoms. The maximum absolute atomic E-state index is 11.0. The van der Waals surface area contributed by atoms with Gasteiger partial charge in [-0.25, -0.2) is 9.78 Å². The van der Waals surface area contributed by atoms with Gasteiger partial charge in [-0.2, -0.15) is 0 Å². The summed E-state index contributed by atoms with van der Waals surface area (Å²) >= 11 is 0. The van der Waals surface area contributed by atoms with Gasteiger partial charge in [-0.15, -0.1) is 0 Å². The van der Waals surface area contributed by atoms with E-state index in [9.17, 15) is 4.79 Å². The number of aromatic nitrogens is 2. The number of nitrogens with zero attached hydrogens (tertiary/aromatic N) is 1. The number of carbonyl (C=O) groups is 1. The molecule has 0 radical (unpaired) electrons. The molecule has 2 aromatic rings. The first-order valence-corrected chi connectivity index (χ1v) is 5.07. The number of aromatic carboxylic acids is 1. The molecule has 0 aliphatic carbocycles. The van der Waals surface area contributed by atoms with Crippen LogP contribution in [0.2, 0.25) is 0 Å². The number of carboxylic acids is 1. The monoisotopic (exact) mass is 216 g/mol. The molecule has 4 heteroatoms. The number of aromatic amines is 1. The van der Waals surface area contributed by atoms with Crippen molar-refractivity contribution in [3.63, 3.8) is 0 Å². The van der Waals surface area contributed by atoms with E-state index < -0.39 is 5.97 Å². The first-order chi connectivity index (χ1) is 7.72. The van der Waals surface area contributed by atoms with Gasteiger partial charge in [-0.05, 0) is 29.7 Å². The summed E-state index contributed by atoms with van der Waals surface area (Å²) in [6, 6.07) is 5.31. The minimum atomic E-state index is -0.881. The summed E-state index contributed by atoms with van der Waals surface area (Å²) in [5.41, 5.74) is 3.05. The van der Waals surface area contributed by atoms with Crippen molar-refractivity contribution >= 4 is 5.97 Å². The van der Waals surface area contributed by atoms with Crippen LogP contribution in [0.15, 0.2) is 30.7 Å². The van der Waals surface area contributed by atoms with Crippen LogP contribution in [0.1, 0.15) is 22.8 Å². The molecule has 2 N–H and O–H groups in total. The average molecular weight is 216 g/mol. The lowest BCUT2D eigenvalue weighted by atomic mass is 10.0. The molecular formula is C12H12N2O2. The zero-order chi connectivity index (χ0) is 11.5. The Morgan fingerprint density at radius 3 is 2.88 bits per heavy atom. The summed E-state index contributed by atoms with van der Waals surface area (Å²) in [4.78, 5) is 17.9. The second-order valence-electron chi connectivity index (χ2n) is 3.50. The summed E-state index contributed by atoms with van der Waals surface area (Å²) < 4.78 is 0. The van der Waals surface area contributed by atoms with Crippen LogP contribution < -0.4 is 0 Å². The Balaban J connectivity index is 2.49. The van der Waals surface area contributed by atoms with Gasteiger partial charge in [0.15, 0.2) is 0 Å². The van der Waals surface area contributed by atoms with Crippen molar-refractivity contribution in [1.82, 2.24) is 9.97 Å². The Kier molecular flexibility index (Phi) is 2.72. The van der Waals surface area contributed by atoms with E-state index in [1.165, 1.54) is 0 Å². The summed E-state index contributed by atoms with van der Waals surface area (Å²) in [6.07, 6.45) is 4.02. The quantitative estimate of drug-likeness (QED) is 0.827. The highest BCUT2D eigenvalue weighted by Gasteiger charge is 2.10. The van der Waals surface area contributed by atoms with Crippen molar-refractivity contribution in [2.45, 2.75) is 13.3 Å².